The second-order valence-electron chi connectivity index (χ2n) is 3.52. The lowest BCUT2D eigenvalue weighted by Gasteiger charge is -2.22. The quantitative estimate of drug-likeness (QED) is 0.639. The molecule has 2 heteroatoms. The smallest absolute Gasteiger partial charge is 0.120 e. The molecule has 74 valence electrons. The summed E-state index contributed by atoms with van der Waals surface area (Å²) in [5.74, 6) is 1.11. The van der Waals surface area contributed by atoms with E-state index in [4.69, 9.17) is 4.74 Å². The van der Waals surface area contributed by atoms with Gasteiger partial charge in [0.1, 0.15) is 18.7 Å². The van der Waals surface area contributed by atoms with E-state index in [0.29, 0.717) is 13.0 Å². The van der Waals surface area contributed by atoms with E-state index in [-0.39, 0.29) is 0 Å². The minimum atomic E-state index is 0.608. The number of hydrogen-bond donors (Lipinski definition) is 0. The van der Waals surface area contributed by atoms with Crippen LogP contribution in [0.2, 0.25) is 0 Å². The number of allylic oxidation sites excluding steroid dienone is 5. The normalized spacial score (nSPS) is 19.9. The molecular weight excluding hydrogens is 176 g/mol. The van der Waals surface area contributed by atoms with Crippen molar-refractivity contribution in [3.05, 3.63) is 35.1 Å². The number of rotatable bonds is 3. The first-order valence-electron chi connectivity index (χ1n) is 5.07. The fourth-order valence-corrected chi connectivity index (χ4v) is 1.88. The minimum absolute atomic E-state index is 0.608. The predicted octanol–water partition coefficient (Wildman–Crippen LogP) is 2.53. The Balaban J connectivity index is 2.16. The van der Waals surface area contributed by atoms with Gasteiger partial charge in [0, 0.05) is 18.4 Å². The van der Waals surface area contributed by atoms with Gasteiger partial charge in [-0.2, -0.15) is 0 Å². The van der Waals surface area contributed by atoms with Crippen molar-refractivity contribution in [2.45, 2.75) is 25.7 Å². The van der Waals surface area contributed by atoms with Crippen molar-refractivity contribution < 1.29 is 9.53 Å². The summed E-state index contributed by atoms with van der Waals surface area (Å²) in [6.07, 6.45) is 10.9. The molecule has 0 N–H and O–H groups in total. The molecule has 2 rings (SSSR count). The van der Waals surface area contributed by atoms with Crippen LogP contribution >= 0.6 is 0 Å². The summed E-state index contributed by atoms with van der Waals surface area (Å²) in [5.41, 5.74) is 2.48. The van der Waals surface area contributed by atoms with Gasteiger partial charge >= 0.3 is 0 Å². The van der Waals surface area contributed by atoms with E-state index in [1.807, 2.05) is 0 Å². The molecule has 1 heterocycles. The Morgan fingerprint density at radius 3 is 3.29 bits per heavy atom. The van der Waals surface area contributed by atoms with Crippen molar-refractivity contribution in [3.63, 3.8) is 0 Å². The summed E-state index contributed by atoms with van der Waals surface area (Å²) in [4.78, 5) is 10.3. The summed E-state index contributed by atoms with van der Waals surface area (Å²) >= 11 is 0. The average molecular weight is 190 g/mol. The highest BCUT2D eigenvalue weighted by atomic mass is 16.5. The van der Waals surface area contributed by atoms with E-state index in [1.54, 1.807) is 0 Å². The highest BCUT2D eigenvalue weighted by Crippen LogP contribution is 2.30. The van der Waals surface area contributed by atoms with E-state index in [9.17, 15) is 4.79 Å². The van der Waals surface area contributed by atoms with Crippen LogP contribution in [0, 0.1) is 0 Å². The van der Waals surface area contributed by atoms with Crippen molar-refractivity contribution in [3.8, 4) is 0 Å². The number of carbonyl (C=O) groups is 1. The highest BCUT2D eigenvalue weighted by Gasteiger charge is 2.16. The Labute approximate surface area is 83.9 Å². The first kappa shape index (κ1) is 9.25. The lowest BCUT2D eigenvalue weighted by Crippen LogP contribution is -2.08. The molecule has 0 aromatic heterocycles. The third-order valence-corrected chi connectivity index (χ3v) is 2.59. The standard InChI is InChI=1S/C12H14O2/c13-8-3-4-10-7-9-14-12-6-2-1-5-11(10)12/h1,5,7-8H,2-4,6,9H2. The fraction of sp³-hybridized carbons (Fsp3) is 0.417. The number of hydrogen-bond acceptors (Lipinski definition) is 2. The van der Waals surface area contributed by atoms with Crippen molar-refractivity contribution in [2.75, 3.05) is 6.61 Å². The molecule has 0 unspecified atom stereocenters. The van der Waals surface area contributed by atoms with Crippen LogP contribution in [0.25, 0.3) is 0 Å². The van der Waals surface area contributed by atoms with E-state index >= 15 is 0 Å². The van der Waals surface area contributed by atoms with E-state index in [0.717, 1.165) is 31.3 Å². The molecular formula is C12H14O2. The molecule has 0 bridgehead atoms. The summed E-state index contributed by atoms with van der Waals surface area (Å²) in [6, 6.07) is 0. The van der Waals surface area contributed by atoms with E-state index in [2.05, 4.69) is 18.2 Å². The lowest BCUT2D eigenvalue weighted by atomic mass is 9.93. The number of ether oxygens (including phenoxy) is 1. The van der Waals surface area contributed by atoms with Gasteiger partial charge in [-0.15, -0.1) is 0 Å². The van der Waals surface area contributed by atoms with Crippen LogP contribution in [0.15, 0.2) is 35.1 Å². The number of carbonyl (C=O) groups excluding carboxylic acids is 1. The van der Waals surface area contributed by atoms with E-state index < -0.39 is 0 Å². The third kappa shape index (κ3) is 1.79. The molecule has 0 fully saturated rings. The van der Waals surface area contributed by atoms with Gasteiger partial charge in [-0.05, 0) is 24.5 Å². The monoisotopic (exact) mass is 190 g/mol. The van der Waals surface area contributed by atoms with Crippen molar-refractivity contribution in [2.24, 2.45) is 0 Å². The first-order valence-corrected chi connectivity index (χ1v) is 5.07. The van der Waals surface area contributed by atoms with Crippen LogP contribution in [0.5, 0.6) is 0 Å². The van der Waals surface area contributed by atoms with Gasteiger partial charge in [-0.1, -0.05) is 12.2 Å². The van der Waals surface area contributed by atoms with E-state index in [1.165, 1.54) is 11.1 Å². The van der Waals surface area contributed by atoms with Gasteiger partial charge in [0.2, 0.25) is 0 Å². The molecule has 0 saturated carbocycles. The van der Waals surface area contributed by atoms with Crippen LogP contribution < -0.4 is 0 Å². The first-order chi connectivity index (χ1) is 6.92. The number of aldehydes is 1. The Bertz CT molecular complexity index is 317. The molecule has 0 amide bonds. The molecule has 0 aromatic carbocycles. The maximum absolute atomic E-state index is 10.3. The van der Waals surface area contributed by atoms with Gasteiger partial charge < -0.3 is 9.53 Å². The molecule has 2 nitrogen and oxygen atoms in total. The highest BCUT2D eigenvalue weighted by molar-refractivity contribution is 5.53. The van der Waals surface area contributed by atoms with Crippen LogP contribution in [-0.2, 0) is 9.53 Å². The molecule has 14 heavy (non-hydrogen) atoms. The predicted molar refractivity (Wildman–Crippen MR) is 54.7 cm³/mol. The second kappa shape index (κ2) is 4.27. The average Bonchev–Trinajstić information content (AvgIpc) is 2.26. The molecule has 2 aliphatic rings. The zero-order valence-corrected chi connectivity index (χ0v) is 8.16. The second-order valence-corrected chi connectivity index (χ2v) is 3.52. The van der Waals surface area contributed by atoms with Gasteiger partial charge in [0.05, 0.1) is 0 Å². The molecule has 0 atom stereocenters. The van der Waals surface area contributed by atoms with Crippen LogP contribution in [0.4, 0.5) is 0 Å². The third-order valence-electron chi connectivity index (χ3n) is 2.59. The maximum Gasteiger partial charge on any atom is 0.120 e. The summed E-state index contributed by atoms with van der Waals surface area (Å²) < 4.78 is 5.56. The summed E-state index contributed by atoms with van der Waals surface area (Å²) in [7, 11) is 0. The van der Waals surface area contributed by atoms with Gasteiger partial charge in [0.25, 0.3) is 0 Å². The zero-order chi connectivity index (χ0) is 9.80. The topological polar surface area (TPSA) is 26.3 Å². The fourth-order valence-electron chi connectivity index (χ4n) is 1.88. The molecule has 1 aliphatic heterocycles. The Kier molecular flexibility index (Phi) is 2.82. The Morgan fingerprint density at radius 2 is 2.43 bits per heavy atom. The molecule has 0 spiro atoms. The summed E-state index contributed by atoms with van der Waals surface area (Å²) in [6.45, 7) is 0.668. The van der Waals surface area contributed by atoms with Crippen LogP contribution in [0.3, 0.4) is 0 Å². The zero-order valence-electron chi connectivity index (χ0n) is 8.16. The lowest BCUT2D eigenvalue weighted by molar-refractivity contribution is -0.107. The van der Waals surface area contributed by atoms with Gasteiger partial charge in [0.15, 0.2) is 0 Å². The van der Waals surface area contributed by atoms with Crippen molar-refractivity contribution >= 4 is 6.29 Å². The molecule has 0 radical (unpaired) electrons. The molecule has 0 saturated heterocycles. The van der Waals surface area contributed by atoms with Crippen molar-refractivity contribution in [1.82, 2.24) is 0 Å². The Morgan fingerprint density at radius 1 is 1.50 bits per heavy atom. The SMILES string of the molecule is O=CCCC1=CCOC2=C1C=CCC2. The maximum atomic E-state index is 10.3. The largest absolute Gasteiger partial charge is 0.493 e. The van der Waals surface area contributed by atoms with Gasteiger partial charge in [-0.25, -0.2) is 0 Å². The molecule has 1 aliphatic carbocycles. The Hall–Kier alpha value is -1.31. The molecule has 0 aromatic rings. The van der Waals surface area contributed by atoms with Crippen molar-refractivity contribution in [1.29, 1.82) is 0 Å². The van der Waals surface area contributed by atoms with Crippen LogP contribution in [0.1, 0.15) is 25.7 Å². The minimum Gasteiger partial charge on any atom is -0.493 e. The summed E-state index contributed by atoms with van der Waals surface area (Å²) in [5, 5.41) is 0. The van der Waals surface area contributed by atoms with Gasteiger partial charge in [-0.3, -0.25) is 0 Å². The van der Waals surface area contributed by atoms with Crippen LogP contribution in [-0.4, -0.2) is 12.9 Å².